The number of nitrogens with two attached hydrogens (primary N) is 1. The van der Waals surface area contributed by atoms with Crippen LogP contribution in [0.2, 0.25) is 0 Å². The highest BCUT2D eigenvalue weighted by molar-refractivity contribution is 5.30. The summed E-state index contributed by atoms with van der Waals surface area (Å²) < 4.78 is 5.57. The van der Waals surface area contributed by atoms with Crippen molar-refractivity contribution < 1.29 is 4.74 Å². The van der Waals surface area contributed by atoms with E-state index < -0.39 is 0 Å². The number of nitrogen functional groups attached to an aromatic ring is 1. The van der Waals surface area contributed by atoms with Crippen LogP contribution in [0.15, 0.2) is 12.4 Å². The lowest BCUT2D eigenvalue weighted by molar-refractivity contribution is 0.185. The van der Waals surface area contributed by atoms with E-state index in [1.807, 2.05) is 6.92 Å². The molecule has 1 atom stereocenters. The number of anilines is 1. The van der Waals surface area contributed by atoms with Crippen molar-refractivity contribution in [1.82, 2.24) is 9.97 Å². The third-order valence-corrected chi connectivity index (χ3v) is 1.79. The fourth-order valence-electron chi connectivity index (χ4n) is 1.34. The fraction of sp³-hybridized carbons (Fsp3) is 0.600. The lowest BCUT2D eigenvalue weighted by Gasteiger charge is -2.15. The zero-order valence-corrected chi connectivity index (χ0v) is 8.90. The second kappa shape index (κ2) is 4.79. The lowest BCUT2D eigenvalue weighted by Crippen LogP contribution is -2.15. The van der Waals surface area contributed by atoms with Crippen LogP contribution in [0.25, 0.3) is 0 Å². The summed E-state index contributed by atoms with van der Waals surface area (Å²) in [5, 5.41) is 0. The first-order valence-corrected chi connectivity index (χ1v) is 4.82. The molecule has 2 N–H and O–H groups in total. The van der Waals surface area contributed by atoms with Crippen molar-refractivity contribution in [1.29, 1.82) is 0 Å². The van der Waals surface area contributed by atoms with Crippen LogP contribution >= 0.6 is 0 Å². The Morgan fingerprint density at radius 2 is 2.07 bits per heavy atom. The molecule has 0 aliphatic heterocycles. The summed E-state index contributed by atoms with van der Waals surface area (Å²) >= 11 is 0. The molecule has 0 fully saturated rings. The Morgan fingerprint density at radius 1 is 1.36 bits per heavy atom. The zero-order valence-electron chi connectivity index (χ0n) is 8.90. The number of ether oxygens (including phenoxy) is 1. The van der Waals surface area contributed by atoms with Gasteiger partial charge in [0.15, 0.2) is 0 Å². The van der Waals surface area contributed by atoms with Gasteiger partial charge in [0, 0.05) is 6.07 Å². The maximum absolute atomic E-state index is 5.57. The molecule has 4 nitrogen and oxygen atoms in total. The van der Waals surface area contributed by atoms with Crippen molar-refractivity contribution in [3.05, 3.63) is 12.4 Å². The van der Waals surface area contributed by atoms with Crippen molar-refractivity contribution in [2.75, 3.05) is 5.73 Å². The van der Waals surface area contributed by atoms with Gasteiger partial charge in [-0.25, -0.2) is 9.97 Å². The van der Waals surface area contributed by atoms with Crippen LogP contribution in [0.4, 0.5) is 5.82 Å². The highest BCUT2D eigenvalue weighted by Gasteiger charge is 2.07. The van der Waals surface area contributed by atoms with E-state index in [0.717, 1.165) is 6.42 Å². The topological polar surface area (TPSA) is 61.0 Å². The molecule has 0 aromatic carbocycles. The molecule has 0 radical (unpaired) electrons. The number of hydrogen-bond acceptors (Lipinski definition) is 4. The van der Waals surface area contributed by atoms with Gasteiger partial charge in [0.05, 0.1) is 6.10 Å². The minimum absolute atomic E-state index is 0.157. The third-order valence-electron chi connectivity index (χ3n) is 1.79. The molecule has 14 heavy (non-hydrogen) atoms. The Labute approximate surface area is 84.5 Å². The molecule has 4 heteroatoms. The van der Waals surface area contributed by atoms with Crippen molar-refractivity contribution >= 4 is 5.82 Å². The minimum atomic E-state index is 0.157. The van der Waals surface area contributed by atoms with Gasteiger partial charge in [-0.05, 0) is 19.3 Å². The minimum Gasteiger partial charge on any atom is -0.475 e. The van der Waals surface area contributed by atoms with Gasteiger partial charge in [-0.2, -0.15) is 0 Å². The summed E-state index contributed by atoms with van der Waals surface area (Å²) in [6.07, 6.45) is 2.57. The zero-order chi connectivity index (χ0) is 10.6. The predicted octanol–water partition coefficient (Wildman–Crippen LogP) is 1.87. The van der Waals surface area contributed by atoms with E-state index in [9.17, 15) is 0 Å². The molecule has 0 aliphatic rings. The van der Waals surface area contributed by atoms with E-state index in [4.69, 9.17) is 10.5 Å². The average Bonchev–Trinajstić information content (AvgIpc) is 2.01. The van der Waals surface area contributed by atoms with E-state index in [1.165, 1.54) is 6.33 Å². The Morgan fingerprint density at radius 3 is 2.64 bits per heavy atom. The van der Waals surface area contributed by atoms with Gasteiger partial charge in [0.25, 0.3) is 0 Å². The van der Waals surface area contributed by atoms with Crippen molar-refractivity contribution in [2.45, 2.75) is 33.3 Å². The fourth-order valence-corrected chi connectivity index (χ4v) is 1.34. The first kappa shape index (κ1) is 10.8. The summed E-state index contributed by atoms with van der Waals surface area (Å²) in [7, 11) is 0. The van der Waals surface area contributed by atoms with Gasteiger partial charge < -0.3 is 10.5 Å². The quantitative estimate of drug-likeness (QED) is 0.796. The molecule has 1 aromatic rings. The number of nitrogens with zero attached hydrogens (tertiary/aromatic N) is 2. The number of aromatic nitrogens is 2. The van der Waals surface area contributed by atoms with E-state index >= 15 is 0 Å². The molecule has 1 aromatic heterocycles. The summed E-state index contributed by atoms with van der Waals surface area (Å²) in [6, 6.07) is 1.64. The Bertz CT molecular complexity index is 288. The van der Waals surface area contributed by atoms with Gasteiger partial charge >= 0.3 is 0 Å². The van der Waals surface area contributed by atoms with Crippen molar-refractivity contribution in [3.63, 3.8) is 0 Å². The molecule has 0 bridgehead atoms. The van der Waals surface area contributed by atoms with E-state index in [2.05, 4.69) is 23.8 Å². The number of hydrogen-bond donors (Lipinski definition) is 1. The smallest absolute Gasteiger partial charge is 0.218 e. The van der Waals surface area contributed by atoms with E-state index in [-0.39, 0.29) is 6.10 Å². The van der Waals surface area contributed by atoms with Crippen LogP contribution in [0.5, 0.6) is 5.88 Å². The second-order valence-electron chi connectivity index (χ2n) is 3.84. The molecule has 1 unspecified atom stereocenters. The standard InChI is InChI=1S/C10H17N3O/c1-7(2)4-8(3)14-10-5-9(11)12-6-13-10/h5-8H,4H2,1-3H3,(H2,11,12,13). The lowest BCUT2D eigenvalue weighted by atomic mass is 10.1. The Balaban J connectivity index is 2.51. The van der Waals surface area contributed by atoms with E-state index in [0.29, 0.717) is 17.6 Å². The Hall–Kier alpha value is -1.32. The van der Waals surface area contributed by atoms with Crippen LogP contribution in [0.1, 0.15) is 27.2 Å². The highest BCUT2D eigenvalue weighted by atomic mass is 16.5. The molecule has 0 saturated heterocycles. The van der Waals surface area contributed by atoms with Gasteiger partial charge in [-0.3, -0.25) is 0 Å². The SMILES string of the molecule is CC(C)CC(C)Oc1cc(N)ncn1. The second-order valence-corrected chi connectivity index (χ2v) is 3.84. The van der Waals surface area contributed by atoms with Gasteiger partial charge in [0.1, 0.15) is 12.1 Å². The monoisotopic (exact) mass is 195 g/mol. The van der Waals surface area contributed by atoms with Crippen LogP contribution in [-0.4, -0.2) is 16.1 Å². The van der Waals surface area contributed by atoms with Gasteiger partial charge in [0.2, 0.25) is 5.88 Å². The van der Waals surface area contributed by atoms with Gasteiger partial charge in [-0.15, -0.1) is 0 Å². The maximum atomic E-state index is 5.57. The molecule has 1 rings (SSSR count). The maximum Gasteiger partial charge on any atom is 0.218 e. The molecule has 0 spiro atoms. The van der Waals surface area contributed by atoms with Crippen molar-refractivity contribution in [2.24, 2.45) is 5.92 Å². The average molecular weight is 195 g/mol. The highest BCUT2D eigenvalue weighted by Crippen LogP contribution is 2.13. The molecule has 0 amide bonds. The number of rotatable bonds is 4. The predicted molar refractivity (Wildman–Crippen MR) is 56.0 cm³/mol. The van der Waals surface area contributed by atoms with E-state index in [1.54, 1.807) is 6.07 Å². The van der Waals surface area contributed by atoms with Crippen molar-refractivity contribution in [3.8, 4) is 5.88 Å². The van der Waals surface area contributed by atoms with Crippen LogP contribution in [-0.2, 0) is 0 Å². The summed E-state index contributed by atoms with van der Waals surface area (Å²) in [5.74, 6) is 1.60. The molecule has 1 heterocycles. The molecular weight excluding hydrogens is 178 g/mol. The molecule has 78 valence electrons. The van der Waals surface area contributed by atoms with Gasteiger partial charge in [-0.1, -0.05) is 13.8 Å². The van der Waals surface area contributed by atoms with Crippen LogP contribution < -0.4 is 10.5 Å². The first-order valence-electron chi connectivity index (χ1n) is 4.82. The largest absolute Gasteiger partial charge is 0.475 e. The van der Waals surface area contributed by atoms with Crippen LogP contribution in [0, 0.1) is 5.92 Å². The first-order chi connectivity index (χ1) is 6.58. The summed E-state index contributed by atoms with van der Waals surface area (Å²) in [4.78, 5) is 7.77. The normalized spacial score (nSPS) is 12.9. The van der Waals surface area contributed by atoms with Crippen LogP contribution in [0.3, 0.4) is 0 Å². The Kier molecular flexibility index (Phi) is 3.68. The molecular formula is C10H17N3O. The molecule has 0 aliphatic carbocycles. The third kappa shape index (κ3) is 3.60. The molecule has 0 saturated carbocycles. The summed E-state index contributed by atoms with van der Waals surface area (Å²) in [5.41, 5.74) is 5.50. The summed E-state index contributed by atoms with van der Waals surface area (Å²) in [6.45, 7) is 6.35.